The van der Waals surface area contributed by atoms with Crippen LogP contribution in [0.2, 0.25) is 0 Å². The summed E-state index contributed by atoms with van der Waals surface area (Å²) in [6.45, 7) is 2.26. The number of rotatable bonds is 11. The zero-order chi connectivity index (χ0) is 20.7. The second-order valence-electron chi connectivity index (χ2n) is 6.51. The van der Waals surface area contributed by atoms with Gasteiger partial charge in [0.05, 0.1) is 0 Å². The number of nitrogens with two attached hydrogens (primary N) is 1. The topological polar surface area (TPSA) is 93.9 Å². The Hall–Kier alpha value is -3.06. The van der Waals surface area contributed by atoms with Gasteiger partial charge in [-0.1, -0.05) is 60.7 Å². The maximum atomic E-state index is 12.3. The lowest BCUT2D eigenvalue weighted by Gasteiger charge is -2.21. The molecule has 0 bridgehead atoms. The van der Waals surface area contributed by atoms with Crippen molar-refractivity contribution in [2.45, 2.75) is 26.1 Å². The van der Waals surface area contributed by atoms with Gasteiger partial charge in [-0.15, -0.1) is 0 Å². The molecule has 7 nitrogen and oxygen atoms in total. The summed E-state index contributed by atoms with van der Waals surface area (Å²) in [4.78, 5) is 25.6. The maximum absolute atomic E-state index is 12.3. The van der Waals surface area contributed by atoms with Crippen LogP contribution >= 0.6 is 0 Å². The maximum Gasteiger partial charge on any atom is 0.410 e. The highest BCUT2D eigenvalue weighted by molar-refractivity contribution is 5.67. The number of amides is 2. The van der Waals surface area contributed by atoms with Gasteiger partial charge in [-0.3, -0.25) is 0 Å². The van der Waals surface area contributed by atoms with Crippen molar-refractivity contribution in [3.05, 3.63) is 71.8 Å². The van der Waals surface area contributed by atoms with Crippen molar-refractivity contribution < 1.29 is 19.1 Å². The van der Waals surface area contributed by atoms with Crippen LogP contribution in [-0.4, -0.2) is 43.3 Å². The highest BCUT2D eigenvalue weighted by atomic mass is 16.6. The largest absolute Gasteiger partial charge is 0.445 e. The Balaban J connectivity index is 1.60. The minimum atomic E-state index is -0.449. The molecule has 7 heteroatoms. The third-order valence-electron chi connectivity index (χ3n) is 4.20. The van der Waals surface area contributed by atoms with Crippen molar-refractivity contribution in [3.63, 3.8) is 0 Å². The van der Waals surface area contributed by atoms with E-state index in [-0.39, 0.29) is 19.3 Å². The van der Waals surface area contributed by atoms with Crippen LogP contribution in [0.25, 0.3) is 0 Å². The van der Waals surface area contributed by atoms with Crippen molar-refractivity contribution in [2.24, 2.45) is 5.73 Å². The third-order valence-corrected chi connectivity index (χ3v) is 4.20. The van der Waals surface area contributed by atoms with Gasteiger partial charge in [-0.2, -0.15) is 0 Å². The fraction of sp³-hybridized carbons (Fsp3) is 0.364. The zero-order valence-electron chi connectivity index (χ0n) is 16.6. The third kappa shape index (κ3) is 9.12. The molecule has 2 aromatic rings. The number of hydrogen-bond donors (Lipinski definition) is 2. The van der Waals surface area contributed by atoms with Gasteiger partial charge in [0.1, 0.15) is 13.2 Å². The molecule has 2 aromatic carbocycles. The lowest BCUT2D eigenvalue weighted by Crippen LogP contribution is -2.37. The van der Waals surface area contributed by atoms with Crippen LogP contribution in [0, 0.1) is 0 Å². The minimum absolute atomic E-state index is 0.232. The molecule has 0 saturated carbocycles. The molecule has 0 aliphatic heterocycles. The number of ether oxygens (including phenoxy) is 2. The van der Waals surface area contributed by atoms with Gasteiger partial charge in [-0.05, 0) is 24.0 Å². The predicted molar refractivity (Wildman–Crippen MR) is 111 cm³/mol. The standard InChI is InChI=1S/C22H29N3O4/c23-13-16-25(22(27)29-18-20-11-5-2-6-12-20)15-8-7-14-24-21(26)28-17-19-9-3-1-4-10-19/h1-6,9-12H,7-8,13-18,23H2,(H,24,26). The molecule has 0 spiro atoms. The smallest absolute Gasteiger partial charge is 0.410 e. The fourth-order valence-corrected chi connectivity index (χ4v) is 2.65. The first-order chi connectivity index (χ1) is 14.2. The lowest BCUT2D eigenvalue weighted by atomic mass is 10.2. The van der Waals surface area contributed by atoms with Crippen LogP contribution in [0.15, 0.2) is 60.7 Å². The summed E-state index contributed by atoms with van der Waals surface area (Å²) in [5.74, 6) is 0. The Morgan fingerprint density at radius 1 is 0.828 bits per heavy atom. The van der Waals surface area contributed by atoms with Crippen LogP contribution in [0.4, 0.5) is 9.59 Å². The second-order valence-corrected chi connectivity index (χ2v) is 6.51. The molecule has 2 rings (SSSR count). The second kappa shape index (κ2) is 13.2. The molecule has 0 unspecified atom stereocenters. The number of unbranched alkanes of at least 4 members (excludes halogenated alkanes) is 1. The van der Waals surface area contributed by atoms with E-state index in [1.54, 1.807) is 4.90 Å². The van der Waals surface area contributed by atoms with Crippen molar-refractivity contribution in [3.8, 4) is 0 Å². The molecule has 0 radical (unpaired) electrons. The van der Waals surface area contributed by atoms with E-state index in [2.05, 4.69) is 5.32 Å². The number of carbonyl (C=O) groups is 2. The van der Waals surface area contributed by atoms with E-state index in [0.29, 0.717) is 32.6 Å². The Kier molecular flexibility index (Phi) is 10.1. The minimum Gasteiger partial charge on any atom is -0.445 e. The van der Waals surface area contributed by atoms with Crippen LogP contribution in [0.3, 0.4) is 0 Å². The molecule has 0 aromatic heterocycles. The van der Waals surface area contributed by atoms with E-state index in [1.807, 2.05) is 60.7 Å². The molecule has 0 aliphatic carbocycles. The SMILES string of the molecule is NCCN(CCCCNC(=O)OCc1ccccc1)C(=O)OCc1ccccc1. The highest BCUT2D eigenvalue weighted by Crippen LogP contribution is 2.05. The van der Waals surface area contributed by atoms with Crippen LogP contribution in [0.1, 0.15) is 24.0 Å². The van der Waals surface area contributed by atoms with Gasteiger partial charge in [0.2, 0.25) is 0 Å². The first-order valence-corrected chi connectivity index (χ1v) is 9.79. The molecular weight excluding hydrogens is 370 g/mol. The zero-order valence-corrected chi connectivity index (χ0v) is 16.6. The van der Waals surface area contributed by atoms with Gasteiger partial charge in [0.15, 0.2) is 0 Å². The van der Waals surface area contributed by atoms with Gasteiger partial charge in [0, 0.05) is 26.2 Å². The normalized spacial score (nSPS) is 10.2. The average molecular weight is 399 g/mol. The molecule has 0 saturated heterocycles. The Morgan fingerprint density at radius 2 is 1.41 bits per heavy atom. The van der Waals surface area contributed by atoms with Crippen LogP contribution in [-0.2, 0) is 22.7 Å². The molecule has 2 amide bonds. The Bertz CT molecular complexity index is 725. The molecular formula is C22H29N3O4. The summed E-state index contributed by atoms with van der Waals surface area (Å²) in [6.07, 6.45) is 0.608. The number of nitrogens with zero attached hydrogens (tertiary/aromatic N) is 1. The summed E-state index contributed by atoms with van der Waals surface area (Å²) in [7, 11) is 0. The van der Waals surface area contributed by atoms with E-state index < -0.39 is 6.09 Å². The van der Waals surface area contributed by atoms with Crippen molar-refractivity contribution in [1.82, 2.24) is 10.2 Å². The number of carbonyl (C=O) groups excluding carboxylic acids is 2. The van der Waals surface area contributed by atoms with E-state index in [1.165, 1.54) is 0 Å². The molecule has 0 fully saturated rings. The predicted octanol–water partition coefficient (Wildman–Crippen LogP) is 3.29. The van der Waals surface area contributed by atoms with Crippen LogP contribution in [0.5, 0.6) is 0 Å². The summed E-state index contributed by atoms with van der Waals surface area (Å²) >= 11 is 0. The molecule has 0 aliphatic rings. The fourth-order valence-electron chi connectivity index (χ4n) is 2.65. The summed E-state index contributed by atoms with van der Waals surface area (Å²) in [5.41, 5.74) is 7.48. The van der Waals surface area contributed by atoms with Crippen LogP contribution < -0.4 is 11.1 Å². The molecule has 3 N–H and O–H groups in total. The lowest BCUT2D eigenvalue weighted by molar-refractivity contribution is 0.0963. The number of alkyl carbamates (subject to hydrolysis) is 1. The first kappa shape index (κ1) is 22.2. The van der Waals surface area contributed by atoms with E-state index in [4.69, 9.17) is 15.2 Å². The Morgan fingerprint density at radius 3 is 2.00 bits per heavy atom. The molecule has 29 heavy (non-hydrogen) atoms. The molecule has 156 valence electrons. The van der Waals surface area contributed by atoms with Gasteiger partial charge >= 0.3 is 12.2 Å². The number of hydrogen-bond acceptors (Lipinski definition) is 5. The average Bonchev–Trinajstić information content (AvgIpc) is 2.76. The van der Waals surface area contributed by atoms with Gasteiger partial charge in [-0.25, -0.2) is 9.59 Å². The van der Waals surface area contributed by atoms with Gasteiger partial charge < -0.3 is 25.4 Å². The monoisotopic (exact) mass is 399 g/mol. The number of nitrogens with one attached hydrogen (secondary N) is 1. The van der Waals surface area contributed by atoms with Gasteiger partial charge in [0.25, 0.3) is 0 Å². The van der Waals surface area contributed by atoms with Crippen molar-refractivity contribution in [1.29, 1.82) is 0 Å². The van der Waals surface area contributed by atoms with E-state index in [0.717, 1.165) is 17.5 Å². The summed E-state index contributed by atoms with van der Waals surface area (Å²) in [5, 5.41) is 2.71. The summed E-state index contributed by atoms with van der Waals surface area (Å²) in [6, 6.07) is 19.0. The first-order valence-electron chi connectivity index (χ1n) is 9.79. The van der Waals surface area contributed by atoms with E-state index in [9.17, 15) is 9.59 Å². The number of benzene rings is 2. The van der Waals surface area contributed by atoms with E-state index >= 15 is 0 Å². The van der Waals surface area contributed by atoms with Crippen molar-refractivity contribution >= 4 is 12.2 Å². The van der Waals surface area contributed by atoms with Crippen molar-refractivity contribution in [2.75, 3.05) is 26.2 Å². The quantitative estimate of drug-likeness (QED) is 0.566. The molecule has 0 atom stereocenters. The Labute approximate surface area is 171 Å². The summed E-state index contributed by atoms with van der Waals surface area (Å²) < 4.78 is 10.5. The molecule has 0 heterocycles. The highest BCUT2D eigenvalue weighted by Gasteiger charge is 2.14.